The van der Waals surface area contributed by atoms with E-state index in [1.165, 1.54) is 11.1 Å². The van der Waals surface area contributed by atoms with Crippen LogP contribution in [0.15, 0.2) is 24.3 Å². The number of amides is 1. The average molecular weight is 269 g/mol. The maximum atomic E-state index is 11.9. The van der Waals surface area contributed by atoms with Gasteiger partial charge in [-0.2, -0.15) is 0 Å². The van der Waals surface area contributed by atoms with Gasteiger partial charge in [0.1, 0.15) is 0 Å². The summed E-state index contributed by atoms with van der Waals surface area (Å²) in [7, 11) is 1.91. The summed E-state index contributed by atoms with van der Waals surface area (Å²) in [5.41, 5.74) is 8.20. The van der Waals surface area contributed by atoms with Crippen molar-refractivity contribution >= 4 is 18.3 Å². The zero-order chi connectivity index (χ0) is 12.3. The Morgan fingerprint density at radius 3 is 2.39 bits per heavy atom. The molecule has 0 saturated carbocycles. The minimum absolute atomic E-state index is 0. The van der Waals surface area contributed by atoms with Crippen LogP contribution in [0.1, 0.15) is 24.0 Å². The third-order valence-corrected chi connectivity index (χ3v) is 3.57. The molecule has 1 aliphatic rings. The standard InChI is InChI=1S/C14H20N2O.ClH/c1-16(14(17)7-4-8-15)13-9-11-5-2-3-6-12(11)10-13;/h2-3,5-6,13H,4,7-10,15H2,1H3;1H. The third-order valence-electron chi connectivity index (χ3n) is 3.57. The lowest BCUT2D eigenvalue weighted by atomic mass is 10.1. The molecule has 100 valence electrons. The van der Waals surface area contributed by atoms with Gasteiger partial charge in [0.05, 0.1) is 0 Å². The summed E-state index contributed by atoms with van der Waals surface area (Å²) < 4.78 is 0. The Kier molecular flexibility index (Phi) is 5.63. The first-order valence-electron chi connectivity index (χ1n) is 6.25. The fourth-order valence-electron chi connectivity index (χ4n) is 2.44. The molecule has 0 spiro atoms. The Morgan fingerprint density at radius 2 is 1.89 bits per heavy atom. The van der Waals surface area contributed by atoms with Crippen molar-refractivity contribution in [1.29, 1.82) is 0 Å². The van der Waals surface area contributed by atoms with Gasteiger partial charge in [0, 0.05) is 19.5 Å². The van der Waals surface area contributed by atoms with Gasteiger partial charge in [-0.3, -0.25) is 4.79 Å². The van der Waals surface area contributed by atoms with Crippen LogP contribution in [0.3, 0.4) is 0 Å². The molecule has 0 saturated heterocycles. The number of halogens is 1. The Morgan fingerprint density at radius 1 is 1.33 bits per heavy atom. The molecule has 3 nitrogen and oxygen atoms in total. The molecule has 1 amide bonds. The van der Waals surface area contributed by atoms with E-state index >= 15 is 0 Å². The van der Waals surface area contributed by atoms with Crippen LogP contribution < -0.4 is 5.73 Å². The zero-order valence-corrected chi connectivity index (χ0v) is 11.6. The number of hydrogen-bond donors (Lipinski definition) is 1. The molecule has 1 aromatic carbocycles. The largest absolute Gasteiger partial charge is 0.342 e. The van der Waals surface area contributed by atoms with E-state index in [4.69, 9.17) is 5.73 Å². The highest BCUT2D eigenvalue weighted by Crippen LogP contribution is 2.25. The molecule has 0 atom stereocenters. The van der Waals surface area contributed by atoms with E-state index in [-0.39, 0.29) is 18.3 Å². The van der Waals surface area contributed by atoms with Gasteiger partial charge in [-0.1, -0.05) is 24.3 Å². The Bertz CT molecular complexity index is 384. The number of likely N-dealkylation sites (N-methyl/N-ethyl adjacent to an activating group) is 1. The molecule has 0 unspecified atom stereocenters. The summed E-state index contributed by atoms with van der Waals surface area (Å²) in [6.07, 6.45) is 3.32. The maximum absolute atomic E-state index is 11.9. The van der Waals surface area contributed by atoms with Crippen molar-refractivity contribution in [3.05, 3.63) is 35.4 Å². The topological polar surface area (TPSA) is 46.3 Å². The molecular weight excluding hydrogens is 248 g/mol. The van der Waals surface area contributed by atoms with Crippen molar-refractivity contribution < 1.29 is 4.79 Å². The van der Waals surface area contributed by atoms with E-state index in [2.05, 4.69) is 24.3 Å². The predicted molar refractivity (Wildman–Crippen MR) is 75.9 cm³/mol. The lowest BCUT2D eigenvalue weighted by Gasteiger charge is -2.24. The average Bonchev–Trinajstić information content (AvgIpc) is 2.78. The third kappa shape index (κ3) is 3.24. The lowest BCUT2D eigenvalue weighted by Crippen LogP contribution is -2.37. The fraction of sp³-hybridized carbons (Fsp3) is 0.500. The van der Waals surface area contributed by atoms with Crippen LogP contribution in [0.4, 0.5) is 0 Å². The maximum Gasteiger partial charge on any atom is 0.222 e. The van der Waals surface area contributed by atoms with E-state index in [0.29, 0.717) is 19.0 Å². The fourth-order valence-corrected chi connectivity index (χ4v) is 2.44. The van der Waals surface area contributed by atoms with Gasteiger partial charge in [-0.15, -0.1) is 12.4 Å². The normalized spacial score (nSPS) is 13.9. The van der Waals surface area contributed by atoms with Crippen molar-refractivity contribution in [3.63, 3.8) is 0 Å². The highest BCUT2D eigenvalue weighted by molar-refractivity contribution is 5.85. The van der Waals surface area contributed by atoms with E-state index in [1.54, 1.807) is 0 Å². The molecule has 1 aliphatic carbocycles. The highest BCUT2D eigenvalue weighted by Gasteiger charge is 2.26. The van der Waals surface area contributed by atoms with Crippen LogP contribution >= 0.6 is 12.4 Å². The van der Waals surface area contributed by atoms with Crippen LogP contribution in [0, 0.1) is 0 Å². The number of nitrogens with two attached hydrogens (primary N) is 1. The van der Waals surface area contributed by atoms with Crippen LogP contribution in [-0.4, -0.2) is 30.4 Å². The van der Waals surface area contributed by atoms with Gasteiger partial charge in [-0.05, 0) is 36.9 Å². The predicted octanol–water partition coefficient (Wildman–Crippen LogP) is 1.77. The van der Waals surface area contributed by atoms with Gasteiger partial charge in [0.25, 0.3) is 0 Å². The smallest absolute Gasteiger partial charge is 0.222 e. The second-order valence-electron chi connectivity index (χ2n) is 4.73. The summed E-state index contributed by atoms with van der Waals surface area (Å²) in [6, 6.07) is 8.79. The number of rotatable bonds is 4. The Balaban J connectivity index is 0.00000162. The Labute approximate surface area is 115 Å². The molecule has 1 aromatic rings. The van der Waals surface area contributed by atoms with Crippen LogP contribution in [0.2, 0.25) is 0 Å². The lowest BCUT2D eigenvalue weighted by molar-refractivity contribution is -0.131. The number of benzene rings is 1. The minimum Gasteiger partial charge on any atom is -0.342 e. The molecule has 0 bridgehead atoms. The highest BCUT2D eigenvalue weighted by atomic mass is 35.5. The monoisotopic (exact) mass is 268 g/mol. The first-order chi connectivity index (χ1) is 8.22. The molecule has 0 aromatic heterocycles. The molecule has 0 aliphatic heterocycles. The summed E-state index contributed by atoms with van der Waals surface area (Å²) in [4.78, 5) is 13.8. The summed E-state index contributed by atoms with van der Waals surface area (Å²) >= 11 is 0. The number of carbonyl (C=O) groups excluding carboxylic acids is 1. The quantitative estimate of drug-likeness (QED) is 0.905. The zero-order valence-electron chi connectivity index (χ0n) is 10.8. The van der Waals surface area contributed by atoms with Gasteiger partial charge in [-0.25, -0.2) is 0 Å². The van der Waals surface area contributed by atoms with Gasteiger partial charge >= 0.3 is 0 Å². The van der Waals surface area contributed by atoms with Crippen molar-refractivity contribution in [1.82, 2.24) is 4.90 Å². The van der Waals surface area contributed by atoms with Gasteiger partial charge < -0.3 is 10.6 Å². The van der Waals surface area contributed by atoms with Crippen LogP contribution in [0.25, 0.3) is 0 Å². The summed E-state index contributed by atoms with van der Waals surface area (Å²) in [5, 5.41) is 0. The summed E-state index contributed by atoms with van der Waals surface area (Å²) in [6.45, 7) is 0.588. The minimum atomic E-state index is 0. The van der Waals surface area contributed by atoms with E-state index in [0.717, 1.165) is 19.3 Å². The molecule has 2 N–H and O–H groups in total. The van der Waals surface area contributed by atoms with Gasteiger partial charge in [0.15, 0.2) is 0 Å². The molecular formula is C14H21ClN2O. The second kappa shape index (κ2) is 6.76. The molecule has 0 radical (unpaired) electrons. The first kappa shape index (κ1) is 15.0. The van der Waals surface area contributed by atoms with E-state index in [9.17, 15) is 4.79 Å². The number of nitrogens with zero attached hydrogens (tertiary/aromatic N) is 1. The molecule has 0 fully saturated rings. The summed E-state index contributed by atoms with van der Waals surface area (Å²) in [5.74, 6) is 0.216. The molecule has 4 heteroatoms. The SMILES string of the molecule is CN(C(=O)CCCN)C1Cc2ccccc2C1.Cl. The van der Waals surface area contributed by atoms with Crippen molar-refractivity contribution in [2.45, 2.75) is 31.7 Å². The second-order valence-corrected chi connectivity index (χ2v) is 4.73. The molecule has 18 heavy (non-hydrogen) atoms. The van der Waals surface area contributed by atoms with Crippen LogP contribution in [0.5, 0.6) is 0 Å². The molecule has 0 heterocycles. The van der Waals surface area contributed by atoms with Crippen LogP contribution in [-0.2, 0) is 17.6 Å². The number of hydrogen-bond acceptors (Lipinski definition) is 2. The van der Waals surface area contributed by atoms with Crippen molar-refractivity contribution in [2.24, 2.45) is 5.73 Å². The van der Waals surface area contributed by atoms with Crippen molar-refractivity contribution in [2.75, 3.05) is 13.6 Å². The van der Waals surface area contributed by atoms with Gasteiger partial charge in [0.2, 0.25) is 5.91 Å². The Hall–Kier alpha value is -1.06. The number of fused-ring (bicyclic) bond motifs is 1. The van der Waals surface area contributed by atoms with E-state index < -0.39 is 0 Å². The number of carbonyl (C=O) groups is 1. The van der Waals surface area contributed by atoms with Crippen molar-refractivity contribution in [3.8, 4) is 0 Å². The first-order valence-corrected chi connectivity index (χ1v) is 6.25. The van der Waals surface area contributed by atoms with E-state index in [1.807, 2.05) is 11.9 Å². The molecule has 2 rings (SSSR count).